The molecule has 0 spiro atoms. The molecular weight excluding hydrogens is 336 g/mol. The highest BCUT2D eigenvalue weighted by molar-refractivity contribution is 5.93. The summed E-state index contributed by atoms with van der Waals surface area (Å²) in [4.78, 5) is 33.5. The van der Waals surface area contributed by atoms with Crippen LogP contribution in [0.2, 0.25) is 0 Å². The first kappa shape index (κ1) is 17.8. The SMILES string of the molecule is NC(=O)C1(O)CCCN(C(=O)c2cnc(OCc3ccccc3)cn2)C1. The molecule has 1 unspecified atom stereocenters. The van der Waals surface area contributed by atoms with Crippen molar-refractivity contribution in [1.82, 2.24) is 14.9 Å². The smallest absolute Gasteiger partial charge is 0.274 e. The number of primary amides is 1. The van der Waals surface area contributed by atoms with Crippen molar-refractivity contribution in [3.05, 3.63) is 54.0 Å². The van der Waals surface area contributed by atoms with Crippen LogP contribution in [0.4, 0.5) is 0 Å². The van der Waals surface area contributed by atoms with Crippen molar-refractivity contribution in [2.24, 2.45) is 5.73 Å². The van der Waals surface area contributed by atoms with Gasteiger partial charge in [0.1, 0.15) is 12.3 Å². The zero-order chi connectivity index (χ0) is 18.6. The van der Waals surface area contributed by atoms with E-state index in [9.17, 15) is 14.7 Å². The average Bonchev–Trinajstić information content (AvgIpc) is 2.67. The van der Waals surface area contributed by atoms with Gasteiger partial charge in [-0.2, -0.15) is 0 Å². The molecule has 3 rings (SSSR count). The second-order valence-electron chi connectivity index (χ2n) is 6.24. The number of hydrogen-bond donors (Lipinski definition) is 2. The van der Waals surface area contributed by atoms with Crippen molar-refractivity contribution >= 4 is 11.8 Å². The van der Waals surface area contributed by atoms with Crippen molar-refractivity contribution < 1.29 is 19.4 Å². The van der Waals surface area contributed by atoms with E-state index < -0.39 is 17.4 Å². The number of amides is 2. The highest BCUT2D eigenvalue weighted by Crippen LogP contribution is 2.22. The summed E-state index contributed by atoms with van der Waals surface area (Å²) >= 11 is 0. The molecule has 1 aromatic heterocycles. The maximum absolute atomic E-state index is 12.5. The number of aromatic nitrogens is 2. The van der Waals surface area contributed by atoms with E-state index in [-0.39, 0.29) is 18.7 Å². The van der Waals surface area contributed by atoms with E-state index in [1.165, 1.54) is 17.3 Å². The van der Waals surface area contributed by atoms with E-state index in [2.05, 4.69) is 9.97 Å². The Morgan fingerprint density at radius 2 is 2.00 bits per heavy atom. The van der Waals surface area contributed by atoms with Gasteiger partial charge in [0.25, 0.3) is 11.8 Å². The summed E-state index contributed by atoms with van der Waals surface area (Å²) in [6.07, 6.45) is 3.42. The van der Waals surface area contributed by atoms with E-state index in [0.29, 0.717) is 25.5 Å². The molecule has 1 aromatic carbocycles. The van der Waals surface area contributed by atoms with Gasteiger partial charge in [0.15, 0.2) is 5.60 Å². The summed E-state index contributed by atoms with van der Waals surface area (Å²) in [6.45, 7) is 0.623. The summed E-state index contributed by atoms with van der Waals surface area (Å²) in [6, 6.07) is 9.61. The van der Waals surface area contributed by atoms with Gasteiger partial charge in [-0.05, 0) is 18.4 Å². The summed E-state index contributed by atoms with van der Waals surface area (Å²) in [5.41, 5.74) is 4.65. The maximum atomic E-state index is 12.5. The minimum absolute atomic E-state index is 0.116. The fraction of sp³-hybridized carbons (Fsp3) is 0.333. The van der Waals surface area contributed by atoms with Crippen LogP contribution in [0.1, 0.15) is 28.9 Å². The number of ether oxygens (including phenoxy) is 1. The van der Waals surface area contributed by atoms with Gasteiger partial charge in [0, 0.05) is 6.54 Å². The van der Waals surface area contributed by atoms with Crippen molar-refractivity contribution in [3.63, 3.8) is 0 Å². The number of piperidine rings is 1. The van der Waals surface area contributed by atoms with Crippen molar-refractivity contribution in [2.45, 2.75) is 25.0 Å². The van der Waals surface area contributed by atoms with E-state index in [1.807, 2.05) is 30.3 Å². The summed E-state index contributed by atoms with van der Waals surface area (Å²) in [5, 5.41) is 10.2. The maximum Gasteiger partial charge on any atom is 0.274 e. The molecule has 2 heterocycles. The van der Waals surface area contributed by atoms with Gasteiger partial charge in [-0.25, -0.2) is 9.97 Å². The Hall–Kier alpha value is -3.00. The predicted octanol–water partition coefficient (Wildman–Crippen LogP) is 0.508. The molecule has 1 atom stereocenters. The monoisotopic (exact) mass is 356 g/mol. The Morgan fingerprint density at radius 1 is 1.23 bits per heavy atom. The van der Waals surface area contributed by atoms with E-state index >= 15 is 0 Å². The van der Waals surface area contributed by atoms with Crippen LogP contribution in [-0.4, -0.2) is 50.5 Å². The van der Waals surface area contributed by atoms with E-state index in [1.54, 1.807) is 0 Å². The Morgan fingerprint density at radius 3 is 2.65 bits per heavy atom. The van der Waals surface area contributed by atoms with Crippen LogP contribution >= 0.6 is 0 Å². The molecule has 26 heavy (non-hydrogen) atoms. The highest BCUT2D eigenvalue weighted by atomic mass is 16.5. The summed E-state index contributed by atoms with van der Waals surface area (Å²) in [7, 11) is 0. The number of nitrogens with two attached hydrogens (primary N) is 1. The molecule has 0 saturated carbocycles. The zero-order valence-electron chi connectivity index (χ0n) is 14.2. The largest absolute Gasteiger partial charge is 0.472 e. The molecule has 8 heteroatoms. The minimum atomic E-state index is -1.69. The molecule has 8 nitrogen and oxygen atoms in total. The van der Waals surface area contributed by atoms with Crippen LogP contribution in [0, 0.1) is 0 Å². The molecule has 1 fully saturated rings. The molecule has 1 saturated heterocycles. The molecule has 3 N–H and O–H groups in total. The molecular formula is C18H20N4O4. The van der Waals surface area contributed by atoms with Crippen LogP contribution in [0.5, 0.6) is 5.88 Å². The third-order valence-electron chi connectivity index (χ3n) is 4.29. The number of benzene rings is 1. The molecule has 136 valence electrons. The number of likely N-dealkylation sites (tertiary alicyclic amines) is 1. The lowest BCUT2D eigenvalue weighted by Gasteiger charge is -2.36. The molecule has 1 aliphatic rings. The third kappa shape index (κ3) is 3.97. The first-order chi connectivity index (χ1) is 12.5. The van der Waals surface area contributed by atoms with Gasteiger partial charge in [-0.3, -0.25) is 9.59 Å². The fourth-order valence-electron chi connectivity index (χ4n) is 2.81. The standard InChI is InChI=1S/C18H20N4O4/c19-17(24)18(25)7-4-8-22(12-18)16(23)14-9-21-15(10-20-14)26-11-13-5-2-1-3-6-13/h1-3,5-6,9-10,25H,4,7-8,11-12H2,(H2,19,24). The molecule has 0 aliphatic carbocycles. The lowest BCUT2D eigenvalue weighted by Crippen LogP contribution is -2.57. The second kappa shape index (κ2) is 7.49. The quantitative estimate of drug-likeness (QED) is 0.806. The van der Waals surface area contributed by atoms with Crippen LogP contribution in [-0.2, 0) is 11.4 Å². The molecule has 1 aliphatic heterocycles. The van der Waals surface area contributed by atoms with Crippen LogP contribution in [0.25, 0.3) is 0 Å². The Balaban J connectivity index is 1.62. The van der Waals surface area contributed by atoms with Gasteiger partial charge in [0.05, 0.1) is 18.9 Å². The van der Waals surface area contributed by atoms with Gasteiger partial charge >= 0.3 is 0 Å². The van der Waals surface area contributed by atoms with E-state index in [0.717, 1.165) is 5.56 Å². The van der Waals surface area contributed by atoms with Crippen LogP contribution < -0.4 is 10.5 Å². The zero-order valence-corrected chi connectivity index (χ0v) is 14.2. The lowest BCUT2D eigenvalue weighted by molar-refractivity contribution is -0.140. The number of β-amino-alcohol motifs (C(OH)–C–C–N with tert-alkyl or cyclic N) is 1. The number of carbonyl (C=O) groups excluding carboxylic acids is 2. The predicted molar refractivity (Wildman–Crippen MR) is 92.1 cm³/mol. The van der Waals surface area contributed by atoms with Gasteiger partial charge in [-0.1, -0.05) is 30.3 Å². The van der Waals surface area contributed by atoms with Crippen molar-refractivity contribution in [1.29, 1.82) is 0 Å². The number of rotatable bonds is 5. The van der Waals surface area contributed by atoms with Gasteiger partial charge in [0.2, 0.25) is 5.88 Å². The van der Waals surface area contributed by atoms with Crippen molar-refractivity contribution in [2.75, 3.05) is 13.1 Å². The van der Waals surface area contributed by atoms with Gasteiger partial charge < -0.3 is 20.5 Å². The number of hydrogen-bond acceptors (Lipinski definition) is 6. The summed E-state index contributed by atoms with van der Waals surface area (Å²) in [5.74, 6) is -0.935. The Bertz CT molecular complexity index is 782. The molecule has 2 amide bonds. The van der Waals surface area contributed by atoms with Crippen molar-refractivity contribution in [3.8, 4) is 5.88 Å². The first-order valence-electron chi connectivity index (χ1n) is 8.28. The molecule has 2 aromatic rings. The Kier molecular flexibility index (Phi) is 5.13. The molecule has 0 bridgehead atoms. The third-order valence-corrected chi connectivity index (χ3v) is 4.29. The van der Waals surface area contributed by atoms with Gasteiger partial charge in [-0.15, -0.1) is 0 Å². The average molecular weight is 356 g/mol. The van der Waals surface area contributed by atoms with Crippen LogP contribution in [0.15, 0.2) is 42.7 Å². The first-order valence-corrected chi connectivity index (χ1v) is 8.28. The summed E-state index contributed by atoms with van der Waals surface area (Å²) < 4.78 is 5.54. The Labute approximate surface area is 150 Å². The number of aliphatic hydroxyl groups is 1. The lowest BCUT2D eigenvalue weighted by atomic mass is 9.92. The number of nitrogens with zero attached hydrogens (tertiary/aromatic N) is 3. The topological polar surface area (TPSA) is 119 Å². The van der Waals surface area contributed by atoms with Crippen LogP contribution in [0.3, 0.4) is 0 Å². The second-order valence-corrected chi connectivity index (χ2v) is 6.24. The van der Waals surface area contributed by atoms with E-state index in [4.69, 9.17) is 10.5 Å². The number of carbonyl (C=O) groups is 2. The highest BCUT2D eigenvalue weighted by Gasteiger charge is 2.40. The fourth-order valence-corrected chi connectivity index (χ4v) is 2.81. The molecule has 0 radical (unpaired) electrons. The normalized spacial score (nSPS) is 19.8. The minimum Gasteiger partial charge on any atom is -0.472 e.